The molecule has 0 fully saturated rings. The Balaban J connectivity index is 1.48. The molecule has 0 atom stereocenters. The van der Waals surface area contributed by atoms with Gasteiger partial charge in [-0.1, -0.05) is 19.0 Å². The van der Waals surface area contributed by atoms with E-state index in [0.29, 0.717) is 45.9 Å². The Morgan fingerprint density at radius 3 is 2.21 bits per heavy atom. The van der Waals surface area contributed by atoms with Crippen LogP contribution in [0.3, 0.4) is 0 Å². The van der Waals surface area contributed by atoms with Crippen molar-refractivity contribution in [2.24, 2.45) is 0 Å². The van der Waals surface area contributed by atoms with Gasteiger partial charge in [0.15, 0.2) is 0 Å². The van der Waals surface area contributed by atoms with E-state index in [1.165, 1.54) is 0 Å². The molecule has 0 bridgehead atoms. The van der Waals surface area contributed by atoms with Crippen molar-refractivity contribution < 1.29 is 18.8 Å². The number of pyridine rings is 1. The first-order valence-electron chi connectivity index (χ1n) is 11.1. The second-order valence-corrected chi connectivity index (χ2v) is 8.14. The maximum Gasteiger partial charge on any atom is 0.259 e. The monoisotopic (exact) mass is 458 g/mol. The predicted octanol–water partition coefficient (Wildman–Crippen LogP) is 5.56. The number of hydrogen-bond donors (Lipinski definition) is 2. The summed E-state index contributed by atoms with van der Waals surface area (Å²) in [4.78, 5) is 30.1. The highest BCUT2D eigenvalue weighted by Crippen LogP contribution is 2.26. The van der Waals surface area contributed by atoms with Gasteiger partial charge in [-0.15, -0.1) is 0 Å². The molecule has 0 saturated carbocycles. The summed E-state index contributed by atoms with van der Waals surface area (Å²) in [6.45, 7) is 8.26. The number of nitrogens with zero attached hydrogens (tertiary/aromatic N) is 2. The summed E-state index contributed by atoms with van der Waals surface area (Å²) < 4.78 is 10.7. The van der Waals surface area contributed by atoms with Crippen LogP contribution in [0.15, 0.2) is 59.1 Å². The maximum atomic E-state index is 13.1. The number of ether oxygens (including phenoxy) is 1. The molecule has 8 nitrogen and oxygen atoms in total. The summed E-state index contributed by atoms with van der Waals surface area (Å²) in [5.74, 6) is 0.315. The summed E-state index contributed by atoms with van der Waals surface area (Å²) in [5, 5.41) is 10.3. The number of aromatic nitrogens is 2. The predicted molar refractivity (Wildman–Crippen MR) is 131 cm³/mol. The Bertz CT molecular complexity index is 1330. The maximum absolute atomic E-state index is 13.1. The van der Waals surface area contributed by atoms with Crippen LogP contribution in [-0.4, -0.2) is 28.6 Å². The topological polar surface area (TPSA) is 106 Å². The fourth-order valence-electron chi connectivity index (χ4n) is 3.50. The zero-order valence-corrected chi connectivity index (χ0v) is 19.5. The van der Waals surface area contributed by atoms with E-state index in [0.717, 1.165) is 11.4 Å². The third kappa shape index (κ3) is 4.91. The van der Waals surface area contributed by atoms with Gasteiger partial charge < -0.3 is 19.9 Å². The van der Waals surface area contributed by atoms with Crippen LogP contribution < -0.4 is 15.4 Å². The molecule has 34 heavy (non-hydrogen) atoms. The minimum atomic E-state index is -0.299. The molecular formula is C26H26N4O4. The van der Waals surface area contributed by atoms with E-state index in [9.17, 15) is 9.59 Å². The van der Waals surface area contributed by atoms with Crippen LogP contribution in [0.1, 0.15) is 58.8 Å². The Hall–Kier alpha value is -4.20. The first-order valence-corrected chi connectivity index (χ1v) is 11.1. The molecule has 0 aliphatic rings. The van der Waals surface area contributed by atoms with Crippen LogP contribution in [0.25, 0.3) is 11.1 Å². The van der Waals surface area contributed by atoms with Gasteiger partial charge in [0, 0.05) is 22.6 Å². The van der Waals surface area contributed by atoms with Gasteiger partial charge in [-0.25, -0.2) is 4.98 Å². The van der Waals surface area contributed by atoms with Crippen LogP contribution in [0, 0.1) is 6.92 Å². The molecular weight excluding hydrogens is 432 g/mol. The van der Waals surface area contributed by atoms with Gasteiger partial charge in [-0.3, -0.25) is 9.59 Å². The number of benzene rings is 2. The number of fused-ring (bicyclic) bond motifs is 1. The number of rotatable bonds is 7. The van der Waals surface area contributed by atoms with Gasteiger partial charge in [0.25, 0.3) is 17.5 Å². The summed E-state index contributed by atoms with van der Waals surface area (Å²) >= 11 is 0. The molecule has 2 aromatic carbocycles. The number of amides is 2. The zero-order chi connectivity index (χ0) is 24.2. The van der Waals surface area contributed by atoms with Crippen molar-refractivity contribution in [1.29, 1.82) is 0 Å². The normalized spacial score (nSPS) is 11.0. The fourth-order valence-corrected chi connectivity index (χ4v) is 3.50. The standard InChI is InChI=1S/C26H26N4O4/c1-5-33-20-12-10-19(11-13-20)27-24(31)17-6-8-18(9-7-17)28-25(32)21-14-22(15(2)3)29-26-23(21)16(4)30-34-26/h6-15H,5H2,1-4H3,(H,27,31)(H,28,32). The number of hydrogen-bond acceptors (Lipinski definition) is 6. The number of nitrogens with one attached hydrogen (secondary N) is 2. The molecule has 2 aromatic heterocycles. The highest BCUT2D eigenvalue weighted by atomic mass is 16.5. The molecule has 4 rings (SSSR count). The molecule has 2 N–H and O–H groups in total. The van der Waals surface area contributed by atoms with E-state index in [1.807, 2.05) is 20.8 Å². The minimum Gasteiger partial charge on any atom is -0.494 e. The molecule has 0 unspecified atom stereocenters. The van der Waals surface area contributed by atoms with Crippen molar-refractivity contribution in [3.63, 3.8) is 0 Å². The highest BCUT2D eigenvalue weighted by molar-refractivity contribution is 6.12. The Kier molecular flexibility index (Phi) is 6.58. The van der Waals surface area contributed by atoms with Crippen molar-refractivity contribution in [3.05, 3.63) is 77.1 Å². The summed E-state index contributed by atoms with van der Waals surface area (Å²) in [5.41, 5.74) is 3.83. The van der Waals surface area contributed by atoms with E-state index in [-0.39, 0.29) is 17.7 Å². The van der Waals surface area contributed by atoms with Crippen molar-refractivity contribution in [1.82, 2.24) is 10.1 Å². The number of carbonyl (C=O) groups excluding carboxylic acids is 2. The highest BCUT2D eigenvalue weighted by Gasteiger charge is 2.20. The van der Waals surface area contributed by atoms with E-state index in [2.05, 4.69) is 20.8 Å². The van der Waals surface area contributed by atoms with E-state index < -0.39 is 0 Å². The van der Waals surface area contributed by atoms with Gasteiger partial charge in [0.05, 0.1) is 23.3 Å². The van der Waals surface area contributed by atoms with Gasteiger partial charge in [0.2, 0.25) is 0 Å². The van der Waals surface area contributed by atoms with E-state index in [4.69, 9.17) is 9.26 Å². The second kappa shape index (κ2) is 9.74. The van der Waals surface area contributed by atoms with Gasteiger partial charge >= 0.3 is 0 Å². The lowest BCUT2D eigenvalue weighted by molar-refractivity contribution is 0.102. The largest absolute Gasteiger partial charge is 0.494 e. The van der Waals surface area contributed by atoms with Crippen LogP contribution >= 0.6 is 0 Å². The van der Waals surface area contributed by atoms with Crippen molar-refractivity contribution in [2.45, 2.75) is 33.6 Å². The molecule has 0 aliphatic carbocycles. The number of anilines is 2. The summed E-state index contributed by atoms with van der Waals surface area (Å²) in [7, 11) is 0. The summed E-state index contributed by atoms with van der Waals surface area (Å²) in [6.07, 6.45) is 0. The van der Waals surface area contributed by atoms with Gasteiger partial charge in [0.1, 0.15) is 5.75 Å². The third-order valence-corrected chi connectivity index (χ3v) is 5.30. The van der Waals surface area contributed by atoms with Crippen molar-refractivity contribution in [2.75, 3.05) is 17.2 Å². The van der Waals surface area contributed by atoms with Gasteiger partial charge in [-0.05, 0) is 74.4 Å². The van der Waals surface area contributed by atoms with E-state index in [1.54, 1.807) is 61.5 Å². The average Bonchev–Trinajstić information content (AvgIpc) is 3.21. The smallest absolute Gasteiger partial charge is 0.259 e. The Labute approximate surface area is 197 Å². The molecule has 0 spiro atoms. The van der Waals surface area contributed by atoms with Crippen molar-refractivity contribution >= 4 is 34.3 Å². The molecule has 0 radical (unpaired) electrons. The molecule has 0 aliphatic heterocycles. The van der Waals surface area contributed by atoms with E-state index >= 15 is 0 Å². The fraction of sp³-hybridized carbons (Fsp3) is 0.231. The van der Waals surface area contributed by atoms with Crippen LogP contribution in [0.4, 0.5) is 11.4 Å². The number of carbonyl (C=O) groups is 2. The Morgan fingerprint density at radius 1 is 0.971 bits per heavy atom. The molecule has 174 valence electrons. The average molecular weight is 459 g/mol. The molecule has 0 saturated heterocycles. The minimum absolute atomic E-state index is 0.120. The molecule has 8 heteroatoms. The lowest BCUT2D eigenvalue weighted by Crippen LogP contribution is -2.15. The second-order valence-electron chi connectivity index (χ2n) is 8.14. The van der Waals surface area contributed by atoms with Crippen LogP contribution in [0.5, 0.6) is 5.75 Å². The lowest BCUT2D eigenvalue weighted by Gasteiger charge is -2.10. The SMILES string of the molecule is CCOc1ccc(NC(=O)c2ccc(NC(=O)c3cc(C(C)C)nc4onc(C)c34)cc2)cc1. The lowest BCUT2D eigenvalue weighted by atomic mass is 10.0. The molecule has 2 amide bonds. The summed E-state index contributed by atoms with van der Waals surface area (Å²) in [6, 6.07) is 15.6. The first kappa shape index (κ1) is 23.0. The van der Waals surface area contributed by atoms with Crippen molar-refractivity contribution in [3.8, 4) is 5.75 Å². The molecule has 4 aromatic rings. The van der Waals surface area contributed by atoms with Crippen LogP contribution in [0.2, 0.25) is 0 Å². The quantitative estimate of drug-likeness (QED) is 0.376. The zero-order valence-electron chi connectivity index (χ0n) is 19.5. The Morgan fingerprint density at radius 2 is 1.59 bits per heavy atom. The van der Waals surface area contributed by atoms with Gasteiger partial charge in [-0.2, -0.15) is 0 Å². The van der Waals surface area contributed by atoms with Crippen LogP contribution in [-0.2, 0) is 0 Å². The first-order chi connectivity index (χ1) is 16.4. The number of aryl methyl sites for hydroxylation is 1. The molecule has 2 heterocycles. The third-order valence-electron chi connectivity index (χ3n) is 5.30.